The first-order valence-corrected chi connectivity index (χ1v) is 22.8. The Morgan fingerprint density at radius 3 is 1.66 bits per heavy atom. The highest BCUT2D eigenvalue weighted by Gasteiger charge is 2.24. The van der Waals surface area contributed by atoms with Gasteiger partial charge in [-0.2, -0.15) is 40.6 Å². The van der Waals surface area contributed by atoms with E-state index < -0.39 is 56.5 Å². The van der Waals surface area contributed by atoms with Gasteiger partial charge < -0.3 is 19.9 Å². The van der Waals surface area contributed by atoms with Gasteiger partial charge in [0.2, 0.25) is 0 Å². The summed E-state index contributed by atoms with van der Waals surface area (Å²) in [6.45, 7) is 3.42. The molecular formula is C42H35N7O12S3. The number of azo groups is 3. The third kappa shape index (κ3) is 9.71. The molecule has 7 aromatic rings. The molecule has 0 amide bonds. The molecule has 0 heterocycles. The second-order valence-corrected chi connectivity index (χ2v) is 18.2. The lowest BCUT2D eigenvalue weighted by molar-refractivity contribution is 0.415. The summed E-state index contributed by atoms with van der Waals surface area (Å²) in [5, 5.41) is 40.5. The zero-order valence-electron chi connectivity index (χ0n) is 33.9. The van der Waals surface area contributed by atoms with E-state index in [1.807, 2.05) is 30.3 Å². The van der Waals surface area contributed by atoms with Crippen LogP contribution in [-0.2, 0) is 30.4 Å². The van der Waals surface area contributed by atoms with Gasteiger partial charge in [-0.3, -0.25) is 13.7 Å². The number of para-hydroxylation sites is 1. The number of aryl methyl sites for hydroxylation is 2. The van der Waals surface area contributed by atoms with E-state index in [0.717, 1.165) is 11.8 Å². The first-order chi connectivity index (χ1) is 30.2. The van der Waals surface area contributed by atoms with Crippen molar-refractivity contribution in [2.45, 2.75) is 28.5 Å². The summed E-state index contributed by atoms with van der Waals surface area (Å²) in [4.78, 5) is -2.14. The van der Waals surface area contributed by atoms with Crippen LogP contribution >= 0.6 is 0 Å². The number of hydrogen-bond donors (Lipinski definition) is 5. The Labute approximate surface area is 365 Å². The van der Waals surface area contributed by atoms with E-state index in [-0.39, 0.29) is 39.0 Å². The summed E-state index contributed by atoms with van der Waals surface area (Å²) < 4.78 is 113. The molecule has 0 unspecified atom stereocenters. The van der Waals surface area contributed by atoms with Crippen LogP contribution in [0.25, 0.3) is 21.5 Å². The normalized spacial score (nSPS) is 12.5. The van der Waals surface area contributed by atoms with Crippen LogP contribution in [0.2, 0.25) is 0 Å². The van der Waals surface area contributed by atoms with E-state index >= 15 is 0 Å². The lowest BCUT2D eigenvalue weighted by Crippen LogP contribution is -2.04. The van der Waals surface area contributed by atoms with Crippen LogP contribution in [-0.4, -0.2) is 58.2 Å². The quantitative estimate of drug-likeness (QED) is 0.0532. The molecule has 0 aliphatic heterocycles. The fourth-order valence-electron chi connectivity index (χ4n) is 6.47. The van der Waals surface area contributed by atoms with Crippen molar-refractivity contribution < 1.29 is 53.5 Å². The van der Waals surface area contributed by atoms with Crippen LogP contribution in [0.1, 0.15) is 11.1 Å². The predicted molar refractivity (Wildman–Crippen MR) is 237 cm³/mol. The molecular weight excluding hydrogens is 891 g/mol. The number of nitrogens with zero attached hydrogens (tertiary/aromatic N) is 6. The Morgan fingerprint density at radius 2 is 1.08 bits per heavy atom. The van der Waals surface area contributed by atoms with Crippen molar-refractivity contribution in [2.24, 2.45) is 30.7 Å². The number of benzene rings is 7. The lowest BCUT2D eigenvalue weighted by Gasteiger charge is -2.12. The average molecular weight is 926 g/mol. The highest BCUT2D eigenvalue weighted by Crippen LogP contribution is 2.44. The summed E-state index contributed by atoms with van der Waals surface area (Å²) in [6, 6.07) is 27.3. The first-order valence-electron chi connectivity index (χ1n) is 18.5. The van der Waals surface area contributed by atoms with Crippen molar-refractivity contribution in [1.29, 1.82) is 0 Å². The second-order valence-electron chi connectivity index (χ2n) is 14.0. The van der Waals surface area contributed by atoms with E-state index in [2.05, 4.69) is 36.0 Å². The number of rotatable bonds is 13. The van der Waals surface area contributed by atoms with Gasteiger partial charge in [0.1, 0.15) is 38.4 Å². The number of anilines is 2. The third-order valence-corrected chi connectivity index (χ3v) is 12.2. The molecule has 7 aromatic carbocycles. The zero-order valence-corrected chi connectivity index (χ0v) is 36.3. The maximum Gasteiger partial charge on any atom is 0.296 e. The summed E-state index contributed by atoms with van der Waals surface area (Å²) in [5.74, 6) is -0.124. The molecule has 0 aromatic heterocycles. The average Bonchev–Trinajstić information content (AvgIpc) is 3.24. The second kappa shape index (κ2) is 17.5. The lowest BCUT2D eigenvalue weighted by atomic mass is 10.1. The molecule has 0 fully saturated rings. The molecule has 0 saturated heterocycles. The molecule has 0 aliphatic rings. The molecule has 19 nitrogen and oxygen atoms in total. The summed E-state index contributed by atoms with van der Waals surface area (Å²) in [6.07, 6.45) is 0. The van der Waals surface area contributed by atoms with Crippen molar-refractivity contribution in [3.8, 4) is 17.2 Å². The number of nitrogens with one attached hydrogen (secondary N) is 1. The fourth-order valence-corrected chi connectivity index (χ4v) is 8.47. The Bertz CT molecular complexity index is 3460. The molecule has 0 aliphatic carbocycles. The van der Waals surface area contributed by atoms with E-state index in [4.69, 9.17) is 9.47 Å². The van der Waals surface area contributed by atoms with Crippen LogP contribution in [0.5, 0.6) is 17.2 Å². The molecule has 7 rings (SSSR count). The third-order valence-electron chi connectivity index (χ3n) is 9.63. The number of ether oxygens (including phenoxy) is 2. The Kier molecular flexibility index (Phi) is 12.3. The van der Waals surface area contributed by atoms with E-state index in [1.54, 1.807) is 44.2 Å². The number of aromatic hydroxyl groups is 1. The minimum absolute atomic E-state index is 0.0680. The zero-order chi connectivity index (χ0) is 46.1. The van der Waals surface area contributed by atoms with Gasteiger partial charge in [0, 0.05) is 34.3 Å². The molecule has 0 bridgehead atoms. The van der Waals surface area contributed by atoms with Crippen LogP contribution in [0, 0.1) is 13.8 Å². The highest BCUT2D eigenvalue weighted by atomic mass is 32.2. The minimum Gasteiger partial charge on any atom is -0.505 e. The predicted octanol–water partition coefficient (Wildman–Crippen LogP) is 11.1. The number of fused-ring (bicyclic) bond motifs is 2. The van der Waals surface area contributed by atoms with Gasteiger partial charge >= 0.3 is 0 Å². The summed E-state index contributed by atoms with van der Waals surface area (Å²) in [5.41, 5.74) is 3.26. The monoisotopic (exact) mass is 925 g/mol. The maximum atomic E-state index is 12.6. The molecule has 0 radical (unpaired) electrons. The minimum atomic E-state index is -4.92. The topological polar surface area (TPSA) is 288 Å². The van der Waals surface area contributed by atoms with Gasteiger partial charge in [0.05, 0.1) is 36.2 Å². The fraction of sp³-hybridized carbons (Fsp3) is 0.0952. The maximum absolute atomic E-state index is 12.6. The van der Waals surface area contributed by atoms with Crippen LogP contribution in [0.3, 0.4) is 0 Å². The van der Waals surface area contributed by atoms with Gasteiger partial charge in [-0.25, -0.2) is 0 Å². The van der Waals surface area contributed by atoms with Crippen molar-refractivity contribution in [3.05, 3.63) is 120 Å². The van der Waals surface area contributed by atoms with Gasteiger partial charge in [-0.15, -0.1) is 15.3 Å². The molecule has 0 saturated carbocycles. The Morgan fingerprint density at radius 1 is 0.500 bits per heavy atom. The Hall–Kier alpha value is -7.21. The molecule has 22 heteroatoms. The molecule has 328 valence electrons. The van der Waals surface area contributed by atoms with Gasteiger partial charge in [-0.1, -0.05) is 24.3 Å². The molecule has 64 heavy (non-hydrogen) atoms. The number of phenolic OH excluding ortho intramolecular Hbond substituents is 1. The number of hydrogen-bond acceptors (Lipinski definition) is 16. The van der Waals surface area contributed by atoms with E-state index in [9.17, 15) is 44.0 Å². The van der Waals surface area contributed by atoms with Crippen molar-refractivity contribution in [3.63, 3.8) is 0 Å². The first kappa shape index (κ1) is 44.8. The summed E-state index contributed by atoms with van der Waals surface area (Å²) in [7, 11) is -11.8. The van der Waals surface area contributed by atoms with Gasteiger partial charge in [0.25, 0.3) is 30.4 Å². The van der Waals surface area contributed by atoms with Gasteiger partial charge in [-0.05, 0) is 109 Å². The molecule has 0 atom stereocenters. The van der Waals surface area contributed by atoms with E-state index in [0.29, 0.717) is 45.3 Å². The largest absolute Gasteiger partial charge is 0.505 e. The Balaban J connectivity index is 1.16. The smallest absolute Gasteiger partial charge is 0.296 e. The highest BCUT2D eigenvalue weighted by molar-refractivity contribution is 7.87. The SMILES string of the molecule is COc1cc(N=Nc2ccc3cc(S(=O)(=O)O)cc(S(=O)(=O)O)c3c2)c(C)cc1N=Nc1cc(OC)c(N=Nc2c(S(=O)(=O)O)cc3cc(Nc4ccccc4)ccc3c2O)cc1C. The number of phenols is 1. The molecule has 0 spiro atoms. The van der Waals surface area contributed by atoms with Crippen molar-refractivity contribution in [1.82, 2.24) is 0 Å². The molecule has 5 N–H and O–H groups in total. The van der Waals surface area contributed by atoms with Crippen LogP contribution < -0.4 is 14.8 Å². The van der Waals surface area contributed by atoms with Crippen LogP contribution in [0.15, 0.2) is 155 Å². The van der Waals surface area contributed by atoms with E-state index in [1.165, 1.54) is 50.6 Å². The summed E-state index contributed by atoms with van der Waals surface area (Å²) >= 11 is 0. The van der Waals surface area contributed by atoms with Gasteiger partial charge in [0.15, 0.2) is 5.75 Å². The standard InChI is InChI=1S/C42H35N7O12S3/c1-23-14-35(37(60-3)21-33(23)45-44-29-11-10-25-17-30(62(51,52)53)20-39(32(25)19-29)63(54,55)56)47-46-34-22-38(61-4)36(15-24(34)2)48-49-41-40(64(57,58)59)18-26-16-28(12-13-31(26)42(41)50)43-27-8-6-5-7-9-27/h5-22,43,50H,1-4H3,(H,51,52,53)(H,54,55,56)(H,57,58,59). The number of methoxy groups -OCH3 is 2. The van der Waals surface area contributed by atoms with Crippen LogP contribution in [0.4, 0.5) is 45.5 Å². The van der Waals surface area contributed by atoms with Crippen molar-refractivity contribution in [2.75, 3.05) is 19.5 Å². The van der Waals surface area contributed by atoms with Crippen molar-refractivity contribution >= 4 is 97.4 Å².